The zero-order valence-electron chi connectivity index (χ0n) is 12.6. The first-order valence-electron chi connectivity index (χ1n) is 7.67. The fourth-order valence-electron chi connectivity index (χ4n) is 3.18. The number of hydrogen-bond acceptors (Lipinski definition) is 3. The molecular weight excluding hydrogens is 262 g/mol. The van der Waals surface area contributed by atoms with E-state index in [0.717, 1.165) is 31.7 Å². The minimum Gasteiger partial charge on any atom is -0.396 e. The van der Waals surface area contributed by atoms with Crippen LogP contribution >= 0.6 is 0 Å². The van der Waals surface area contributed by atoms with Crippen molar-refractivity contribution in [2.24, 2.45) is 13.0 Å². The first-order chi connectivity index (χ1) is 10.3. The summed E-state index contributed by atoms with van der Waals surface area (Å²) in [5.74, 6) is 0.426. The van der Waals surface area contributed by atoms with Gasteiger partial charge >= 0.3 is 0 Å². The molecule has 1 N–H and O–H groups in total. The van der Waals surface area contributed by atoms with Crippen molar-refractivity contribution >= 4 is 0 Å². The number of aryl methyl sites for hydroxylation is 1. The fraction of sp³-hybridized carbons (Fsp3) is 0.471. The SMILES string of the molecule is Cn1cc(CN2CCCC(CO)C2)c(-c2ccccc2)n1. The molecule has 1 aliphatic rings. The molecule has 0 radical (unpaired) electrons. The topological polar surface area (TPSA) is 41.3 Å². The maximum atomic E-state index is 9.37. The van der Waals surface area contributed by atoms with Crippen LogP contribution in [0.2, 0.25) is 0 Å². The number of nitrogens with zero attached hydrogens (tertiary/aromatic N) is 3. The van der Waals surface area contributed by atoms with Crippen molar-refractivity contribution in [2.45, 2.75) is 19.4 Å². The first-order valence-corrected chi connectivity index (χ1v) is 7.67. The second kappa shape index (κ2) is 6.41. The van der Waals surface area contributed by atoms with Gasteiger partial charge in [0.15, 0.2) is 0 Å². The lowest BCUT2D eigenvalue weighted by Crippen LogP contribution is -2.36. The monoisotopic (exact) mass is 285 g/mol. The van der Waals surface area contributed by atoms with Crippen molar-refractivity contribution in [3.05, 3.63) is 42.1 Å². The van der Waals surface area contributed by atoms with E-state index in [4.69, 9.17) is 0 Å². The average molecular weight is 285 g/mol. The summed E-state index contributed by atoms with van der Waals surface area (Å²) in [4.78, 5) is 2.44. The number of aromatic nitrogens is 2. The summed E-state index contributed by atoms with van der Waals surface area (Å²) in [6.07, 6.45) is 4.43. The van der Waals surface area contributed by atoms with Crippen LogP contribution in [0.3, 0.4) is 0 Å². The van der Waals surface area contributed by atoms with E-state index in [1.165, 1.54) is 17.5 Å². The van der Waals surface area contributed by atoms with Crippen LogP contribution in [0.5, 0.6) is 0 Å². The molecule has 4 nitrogen and oxygen atoms in total. The van der Waals surface area contributed by atoms with Gasteiger partial charge in [0.2, 0.25) is 0 Å². The van der Waals surface area contributed by atoms with Crippen LogP contribution in [0.4, 0.5) is 0 Å². The Morgan fingerprint density at radius 1 is 1.29 bits per heavy atom. The summed E-state index contributed by atoms with van der Waals surface area (Å²) in [6, 6.07) is 10.4. The van der Waals surface area contributed by atoms with Crippen molar-refractivity contribution in [2.75, 3.05) is 19.7 Å². The minimum atomic E-state index is 0.301. The summed E-state index contributed by atoms with van der Waals surface area (Å²) < 4.78 is 1.89. The molecule has 2 aromatic rings. The van der Waals surface area contributed by atoms with E-state index in [9.17, 15) is 5.11 Å². The van der Waals surface area contributed by atoms with Gasteiger partial charge in [-0.05, 0) is 25.3 Å². The number of likely N-dealkylation sites (tertiary alicyclic amines) is 1. The Balaban J connectivity index is 1.79. The van der Waals surface area contributed by atoms with Gasteiger partial charge in [0.25, 0.3) is 0 Å². The van der Waals surface area contributed by atoms with E-state index in [2.05, 4.69) is 40.5 Å². The van der Waals surface area contributed by atoms with Crippen LogP contribution in [0.25, 0.3) is 11.3 Å². The Bertz CT molecular complexity index is 579. The van der Waals surface area contributed by atoms with Crippen LogP contribution in [0, 0.1) is 5.92 Å². The van der Waals surface area contributed by atoms with Crippen molar-refractivity contribution < 1.29 is 5.11 Å². The van der Waals surface area contributed by atoms with Crippen LogP contribution in [-0.4, -0.2) is 39.5 Å². The highest BCUT2D eigenvalue weighted by molar-refractivity contribution is 5.62. The summed E-state index contributed by atoms with van der Waals surface area (Å²) in [5, 5.41) is 14.0. The largest absolute Gasteiger partial charge is 0.396 e. The molecule has 0 amide bonds. The summed E-state index contributed by atoms with van der Waals surface area (Å²) in [7, 11) is 1.97. The lowest BCUT2D eigenvalue weighted by atomic mass is 9.98. The molecule has 3 rings (SSSR count). The van der Waals surface area contributed by atoms with E-state index in [0.29, 0.717) is 12.5 Å². The molecule has 0 saturated carbocycles. The highest BCUT2D eigenvalue weighted by Gasteiger charge is 2.21. The van der Waals surface area contributed by atoms with Crippen molar-refractivity contribution in [3.63, 3.8) is 0 Å². The van der Waals surface area contributed by atoms with E-state index in [-0.39, 0.29) is 0 Å². The molecule has 1 fully saturated rings. The van der Waals surface area contributed by atoms with Gasteiger partial charge in [-0.3, -0.25) is 9.58 Å². The molecule has 112 valence electrons. The standard InChI is InChI=1S/C17H23N3O/c1-19-11-16(12-20-9-5-6-14(10-20)13-21)17(18-19)15-7-3-2-4-8-15/h2-4,7-8,11,14,21H,5-6,9-10,12-13H2,1H3. The first kappa shape index (κ1) is 14.3. The van der Waals surface area contributed by atoms with Gasteiger partial charge in [0, 0.05) is 44.1 Å². The quantitative estimate of drug-likeness (QED) is 0.937. The normalized spacial score (nSPS) is 19.8. The van der Waals surface area contributed by atoms with Gasteiger partial charge in [-0.1, -0.05) is 30.3 Å². The molecule has 1 unspecified atom stereocenters. The average Bonchev–Trinajstić information content (AvgIpc) is 2.89. The Kier molecular flexibility index (Phi) is 4.36. The second-order valence-corrected chi connectivity index (χ2v) is 5.97. The Hall–Kier alpha value is -1.65. The molecule has 1 aromatic carbocycles. The molecule has 1 aromatic heterocycles. The van der Waals surface area contributed by atoms with Gasteiger partial charge in [-0.25, -0.2) is 0 Å². The van der Waals surface area contributed by atoms with Gasteiger partial charge in [0.1, 0.15) is 0 Å². The van der Waals surface area contributed by atoms with Gasteiger partial charge in [-0.2, -0.15) is 5.10 Å². The van der Waals surface area contributed by atoms with Crippen LogP contribution in [0.1, 0.15) is 18.4 Å². The molecular formula is C17H23N3O. The minimum absolute atomic E-state index is 0.301. The molecule has 0 aliphatic carbocycles. The third-order valence-corrected chi connectivity index (χ3v) is 4.21. The second-order valence-electron chi connectivity index (χ2n) is 5.97. The van der Waals surface area contributed by atoms with E-state index in [1.807, 2.05) is 17.8 Å². The maximum Gasteiger partial charge on any atom is 0.0968 e. The Morgan fingerprint density at radius 3 is 2.86 bits per heavy atom. The predicted molar refractivity (Wildman–Crippen MR) is 83.7 cm³/mol. The third-order valence-electron chi connectivity index (χ3n) is 4.21. The van der Waals surface area contributed by atoms with Gasteiger partial charge < -0.3 is 5.11 Å². The van der Waals surface area contributed by atoms with E-state index in [1.54, 1.807) is 0 Å². The van der Waals surface area contributed by atoms with Crippen molar-refractivity contribution in [1.29, 1.82) is 0 Å². The smallest absolute Gasteiger partial charge is 0.0968 e. The molecule has 0 bridgehead atoms. The summed E-state index contributed by atoms with van der Waals surface area (Å²) in [6.45, 7) is 3.31. The van der Waals surface area contributed by atoms with Gasteiger partial charge in [0.05, 0.1) is 5.69 Å². The highest BCUT2D eigenvalue weighted by Crippen LogP contribution is 2.25. The van der Waals surface area contributed by atoms with E-state index < -0.39 is 0 Å². The highest BCUT2D eigenvalue weighted by atomic mass is 16.3. The molecule has 4 heteroatoms. The fourth-order valence-corrected chi connectivity index (χ4v) is 3.18. The number of hydrogen-bond donors (Lipinski definition) is 1. The summed E-state index contributed by atoms with van der Waals surface area (Å²) in [5.41, 5.74) is 3.51. The maximum absolute atomic E-state index is 9.37. The van der Waals surface area contributed by atoms with Crippen molar-refractivity contribution in [1.82, 2.24) is 14.7 Å². The van der Waals surface area contributed by atoms with Crippen molar-refractivity contribution in [3.8, 4) is 11.3 Å². The van der Waals surface area contributed by atoms with Gasteiger partial charge in [-0.15, -0.1) is 0 Å². The molecule has 1 atom stereocenters. The lowest BCUT2D eigenvalue weighted by Gasteiger charge is -2.31. The molecule has 21 heavy (non-hydrogen) atoms. The molecule has 2 heterocycles. The Labute approximate surface area is 126 Å². The molecule has 0 spiro atoms. The van der Waals surface area contributed by atoms with Crippen LogP contribution < -0.4 is 0 Å². The zero-order chi connectivity index (χ0) is 14.7. The number of piperidine rings is 1. The third kappa shape index (κ3) is 3.34. The van der Waals surface area contributed by atoms with Crippen LogP contribution in [0.15, 0.2) is 36.5 Å². The summed E-state index contributed by atoms with van der Waals surface area (Å²) >= 11 is 0. The number of aliphatic hydroxyl groups excluding tert-OH is 1. The number of benzene rings is 1. The lowest BCUT2D eigenvalue weighted by molar-refractivity contribution is 0.116. The van der Waals surface area contributed by atoms with Crippen LogP contribution in [-0.2, 0) is 13.6 Å². The zero-order valence-corrected chi connectivity index (χ0v) is 12.6. The van der Waals surface area contributed by atoms with E-state index >= 15 is 0 Å². The number of rotatable bonds is 4. The molecule has 1 aliphatic heterocycles. The predicted octanol–water partition coefficient (Wildman–Crippen LogP) is 2.29. The number of aliphatic hydroxyl groups is 1. The molecule has 1 saturated heterocycles. The Morgan fingerprint density at radius 2 is 2.10 bits per heavy atom.